The number of hydrogen-bond donors (Lipinski definition) is 2. The number of nitrogens with one attached hydrogen (secondary N) is 2. The van der Waals surface area contributed by atoms with Crippen molar-refractivity contribution in [3.63, 3.8) is 0 Å². The molecule has 0 atom stereocenters. The second-order valence-corrected chi connectivity index (χ2v) is 5.44. The first-order chi connectivity index (χ1) is 9.81. The quantitative estimate of drug-likeness (QED) is 0.424. The van der Waals surface area contributed by atoms with Crippen molar-refractivity contribution < 1.29 is 0 Å². The van der Waals surface area contributed by atoms with Gasteiger partial charge in [-0.3, -0.25) is 5.41 Å². The molecule has 112 valence electrons. The van der Waals surface area contributed by atoms with Crippen LogP contribution in [0.4, 0.5) is 0 Å². The monoisotopic (exact) mass is 412 g/mol. The standard InChI is InChI=1S/C17H20N2S.HI/c1-20-17(18)19-13-12-16(14-8-4-2-5-9-14)15-10-6-3-7-11-15;/h2-11,16H,12-13H2,1H3,(H2,18,19);1H. The summed E-state index contributed by atoms with van der Waals surface area (Å²) in [5, 5.41) is 11.3. The molecule has 0 bridgehead atoms. The highest BCUT2D eigenvalue weighted by molar-refractivity contribution is 14.0. The lowest BCUT2D eigenvalue weighted by atomic mass is 9.88. The summed E-state index contributed by atoms with van der Waals surface area (Å²) in [4.78, 5) is 0. The molecule has 0 aliphatic carbocycles. The number of amidine groups is 1. The van der Waals surface area contributed by atoms with Crippen LogP contribution in [0.2, 0.25) is 0 Å². The molecule has 0 aliphatic heterocycles. The molecule has 0 radical (unpaired) electrons. The minimum Gasteiger partial charge on any atom is -0.365 e. The largest absolute Gasteiger partial charge is 0.365 e. The third kappa shape index (κ3) is 5.71. The summed E-state index contributed by atoms with van der Waals surface area (Å²) in [5.41, 5.74) is 2.66. The van der Waals surface area contributed by atoms with Gasteiger partial charge in [0.05, 0.1) is 0 Å². The van der Waals surface area contributed by atoms with Crippen molar-refractivity contribution in [2.45, 2.75) is 12.3 Å². The first-order valence-corrected chi connectivity index (χ1v) is 8.00. The Kier molecular flexibility index (Phi) is 8.45. The fourth-order valence-corrected chi connectivity index (χ4v) is 2.55. The highest BCUT2D eigenvalue weighted by atomic mass is 127. The van der Waals surface area contributed by atoms with Crippen molar-refractivity contribution in [2.75, 3.05) is 12.8 Å². The number of thioether (sulfide) groups is 1. The van der Waals surface area contributed by atoms with Crippen molar-refractivity contribution in [3.05, 3.63) is 71.8 Å². The van der Waals surface area contributed by atoms with Gasteiger partial charge in [-0.25, -0.2) is 0 Å². The molecule has 21 heavy (non-hydrogen) atoms. The molecule has 0 saturated carbocycles. The number of halogens is 1. The Morgan fingerprint density at radius 2 is 1.48 bits per heavy atom. The van der Waals surface area contributed by atoms with Crippen molar-refractivity contribution in [1.29, 1.82) is 5.41 Å². The number of rotatable bonds is 5. The summed E-state index contributed by atoms with van der Waals surface area (Å²) in [5.74, 6) is 0.375. The SMILES string of the molecule is CSC(=N)NCCC(c1ccccc1)c1ccccc1.I. The Bertz CT molecular complexity index is 492. The molecule has 2 aromatic rings. The zero-order chi connectivity index (χ0) is 14.2. The van der Waals surface area contributed by atoms with Gasteiger partial charge in [-0.1, -0.05) is 72.4 Å². The van der Waals surface area contributed by atoms with Crippen LogP contribution in [0, 0.1) is 5.41 Å². The van der Waals surface area contributed by atoms with Gasteiger partial charge in [-0.15, -0.1) is 24.0 Å². The van der Waals surface area contributed by atoms with E-state index >= 15 is 0 Å². The van der Waals surface area contributed by atoms with E-state index in [9.17, 15) is 0 Å². The second kappa shape index (κ2) is 9.84. The summed E-state index contributed by atoms with van der Waals surface area (Å²) in [6, 6.07) is 21.2. The van der Waals surface area contributed by atoms with Crippen LogP contribution in [-0.4, -0.2) is 18.0 Å². The third-order valence-electron chi connectivity index (χ3n) is 3.33. The Morgan fingerprint density at radius 1 is 1.00 bits per heavy atom. The van der Waals surface area contributed by atoms with E-state index in [4.69, 9.17) is 5.41 Å². The van der Waals surface area contributed by atoms with Crippen LogP contribution in [-0.2, 0) is 0 Å². The van der Waals surface area contributed by atoms with E-state index in [-0.39, 0.29) is 24.0 Å². The molecular formula is C17H21IN2S. The van der Waals surface area contributed by atoms with E-state index in [1.165, 1.54) is 22.9 Å². The maximum Gasteiger partial charge on any atom is 0.153 e. The van der Waals surface area contributed by atoms with E-state index < -0.39 is 0 Å². The molecule has 0 aromatic heterocycles. The van der Waals surface area contributed by atoms with E-state index in [0.717, 1.165) is 13.0 Å². The van der Waals surface area contributed by atoms with Gasteiger partial charge in [0.1, 0.15) is 0 Å². The van der Waals surface area contributed by atoms with Crippen LogP contribution in [0.25, 0.3) is 0 Å². The molecule has 4 heteroatoms. The van der Waals surface area contributed by atoms with Crippen molar-refractivity contribution in [2.24, 2.45) is 0 Å². The lowest BCUT2D eigenvalue weighted by Crippen LogP contribution is -2.22. The van der Waals surface area contributed by atoms with Gasteiger partial charge in [-0.2, -0.15) is 0 Å². The highest BCUT2D eigenvalue weighted by Gasteiger charge is 2.13. The highest BCUT2D eigenvalue weighted by Crippen LogP contribution is 2.27. The minimum absolute atomic E-state index is 0. The summed E-state index contributed by atoms with van der Waals surface area (Å²) in [6.45, 7) is 0.814. The Morgan fingerprint density at radius 3 is 1.90 bits per heavy atom. The Balaban J connectivity index is 0.00000220. The predicted molar refractivity (Wildman–Crippen MR) is 104 cm³/mol. The average molecular weight is 412 g/mol. The van der Waals surface area contributed by atoms with E-state index in [0.29, 0.717) is 11.1 Å². The molecule has 0 unspecified atom stereocenters. The van der Waals surface area contributed by atoms with Crippen molar-refractivity contribution in [1.82, 2.24) is 5.32 Å². The zero-order valence-corrected chi connectivity index (χ0v) is 15.2. The van der Waals surface area contributed by atoms with Gasteiger partial charge in [0.25, 0.3) is 0 Å². The van der Waals surface area contributed by atoms with Crippen LogP contribution in [0.15, 0.2) is 60.7 Å². The molecular weight excluding hydrogens is 391 g/mol. The van der Waals surface area contributed by atoms with Crippen LogP contribution < -0.4 is 5.32 Å². The molecule has 0 aliphatic rings. The van der Waals surface area contributed by atoms with Crippen molar-refractivity contribution >= 4 is 40.9 Å². The Labute approximate surface area is 148 Å². The normalized spacial score (nSPS) is 10.0. The minimum atomic E-state index is 0. The van der Waals surface area contributed by atoms with Crippen molar-refractivity contribution in [3.8, 4) is 0 Å². The molecule has 2 N–H and O–H groups in total. The zero-order valence-electron chi connectivity index (χ0n) is 12.1. The first-order valence-electron chi connectivity index (χ1n) is 6.77. The van der Waals surface area contributed by atoms with E-state index in [2.05, 4.69) is 53.8 Å². The lowest BCUT2D eigenvalue weighted by Gasteiger charge is -2.18. The molecule has 0 fully saturated rings. The summed E-state index contributed by atoms with van der Waals surface area (Å²) in [6.07, 6.45) is 2.90. The number of benzene rings is 2. The third-order valence-corrected chi connectivity index (χ3v) is 3.88. The molecule has 0 saturated heterocycles. The van der Waals surface area contributed by atoms with Crippen LogP contribution in [0.5, 0.6) is 0 Å². The molecule has 2 aromatic carbocycles. The van der Waals surface area contributed by atoms with Crippen LogP contribution >= 0.6 is 35.7 Å². The smallest absolute Gasteiger partial charge is 0.153 e. The van der Waals surface area contributed by atoms with E-state index in [1.807, 2.05) is 18.4 Å². The second-order valence-electron chi connectivity index (χ2n) is 4.62. The maximum atomic E-state index is 7.64. The lowest BCUT2D eigenvalue weighted by molar-refractivity contribution is 0.694. The van der Waals surface area contributed by atoms with Gasteiger partial charge in [0, 0.05) is 12.5 Å². The van der Waals surface area contributed by atoms with Gasteiger partial charge >= 0.3 is 0 Å². The topological polar surface area (TPSA) is 35.9 Å². The first kappa shape index (κ1) is 18.0. The predicted octanol–water partition coefficient (Wildman–Crippen LogP) is 4.71. The molecule has 0 heterocycles. The van der Waals surface area contributed by atoms with Gasteiger partial charge in [0.15, 0.2) is 5.17 Å². The van der Waals surface area contributed by atoms with Crippen LogP contribution in [0.3, 0.4) is 0 Å². The average Bonchev–Trinajstić information content (AvgIpc) is 2.53. The fraction of sp³-hybridized carbons (Fsp3) is 0.235. The van der Waals surface area contributed by atoms with Gasteiger partial charge in [0.2, 0.25) is 0 Å². The summed E-state index contributed by atoms with van der Waals surface area (Å²) >= 11 is 1.44. The number of hydrogen-bond acceptors (Lipinski definition) is 2. The Hall–Kier alpha value is -1.01. The molecule has 0 amide bonds. The summed E-state index contributed by atoms with van der Waals surface area (Å²) in [7, 11) is 0. The maximum absolute atomic E-state index is 7.64. The van der Waals surface area contributed by atoms with E-state index in [1.54, 1.807) is 0 Å². The molecule has 2 rings (SSSR count). The van der Waals surface area contributed by atoms with Gasteiger partial charge < -0.3 is 5.32 Å². The molecule has 2 nitrogen and oxygen atoms in total. The molecule has 0 spiro atoms. The van der Waals surface area contributed by atoms with Gasteiger partial charge in [-0.05, 0) is 23.8 Å². The fourth-order valence-electron chi connectivity index (χ4n) is 2.30. The summed E-state index contributed by atoms with van der Waals surface area (Å²) < 4.78 is 0. The van der Waals surface area contributed by atoms with Crippen LogP contribution in [0.1, 0.15) is 23.5 Å².